The topological polar surface area (TPSA) is 54.9 Å². The van der Waals surface area contributed by atoms with E-state index in [1.807, 2.05) is 18.2 Å². The van der Waals surface area contributed by atoms with Crippen molar-refractivity contribution < 1.29 is 9.47 Å². The third-order valence-electron chi connectivity index (χ3n) is 4.02. The fraction of sp³-hybridized carbons (Fsp3) is 0.667. The van der Waals surface area contributed by atoms with Crippen LogP contribution in [0.5, 0.6) is 0 Å². The van der Waals surface area contributed by atoms with Crippen LogP contribution in [0.15, 0.2) is 29.3 Å². The van der Waals surface area contributed by atoms with Gasteiger partial charge >= 0.3 is 0 Å². The van der Waals surface area contributed by atoms with E-state index >= 15 is 0 Å². The second kappa shape index (κ2) is 13.8. The molecule has 0 saturated heterocycles. The predicted octanol–water partition coefficient (Wildman–Crippen LogP) is 3.91. The third kappa shape index (κ3) is 11.9. The fourth-order valence-corrected chi connectivity index (χ4v) is 2.88. The Labute approximate surface area is 169 Å². The smallest absolute Gasteiger partial charge is 0.191 e. The standard InChI is InChI=1S/C21H36ClN3O2/c1-5-23-20(24-11-6-7-12-27-14-13-26-4)25-17-21(2,3)16-18-9-8-10-19(22)15-18/h8-10,15H,5-7,11-14,16-17H2,1-4H3,(H2,23,24,25). The van der Waals surface area contributed by atoms with Gasteiger partial charge in [-0.3, -0.25) is 4.99 Å². The van der Waals surface area contributed by atoms with Crippen LogP contribution in [0.3, 0.4) is 0 Å². The summed E-state index contributed by atoms with van der Waals surface area (Å²) in [7, 11) is 1.69. The SMILES string of the molecule is CCNC(=NCC(C)(C)Cc1cccc(Cl)c1)NCCCCOCCOC. The molecule has 0 spiro atoms. The Morgan fingerprint density at radius 2 is 1.96 bits per heavy atom. The lowest BCUT2D eigenvalue weighted by Gasteiger charge is -2.23. The number of aliphatic imine (C=N–C) groups is 1. The first-order chi connectivity index (χ1) is 13.0. The predicted molar refractivity (Wildman–Crippen MR) is 115 cm³/mol. The number of ether oxygens (including phenoxy) is 2. The van der Waals surface area contributed by atoms with Gasteiger partial charge in [0.1, 0.15) is 0 Å². The van der Waals surface area contributed by atoms with Gasteiger partial charge in [0.25, 0.3) is 0 Å². The van der Waals surface area contributed by atoms with Gasteiger partial charge in [0.15, 0.2) is 5.96 Å². The van der Waals surface area contributed by atoms with Gasteiger partial charge in [-0.15, -0.1) is 0 Å². The quantitative estimate of drug-likeness (QED) is 0.301. The van der Waals surface area contributed by atoms with Crippen molar-refractivity contribution in [3.8, 4) is 0 Å². The van der Waals surface area contributed by atoms with E-state index in [0.717, 1.165) is 56.5 Å². The molecule has 0 heterocycles. The fourth-order valence-electron chi connectivity index (χ4n) is 2.67. The van der Waals surface area contributed by atoms with Crippen molar-refractivity contribution >= 4 is 17.6 Å². The molecule has 2 N–H and O–H groups in total. The summed E-state index contributed by atoms with van der Waals surface area (Å²) in [5, 5.41) is 7.51. The Balaban J connectivity index is 2.38. The highest BCUT2D eigenvalue weighted by atomic mass is 35.5. The average molecular weight is 398 g/mol. The summed E-state index contributed by atoms with van der Waals surface area (Å²) in [4.78, 5) is 4.78. The Kier molecular flexibility index (Phi) is 12.1. The molecule has 0 unspecified atom stereocenters. The van der Waals surface area contributed by atoms with Crippen LogP contribution < -0.4 is 10.6 Å². The number of benzene rings is 1. The molecule has 1 aromatic carbocycles. The summed E-state index contributed by atoms with van der Waals surface area (Å²) in [6.45, 7) is 11.1. The second-order valence-electron chi connectivity index (χ2n) is 7.41. The summed E-state index contributed by atoms with van der Waals surface area (Å²) < 4.78 is 10.4. The molecule has 1 aromatic rings. The molecule has 0 atom stereocenters. The van der Waals surface area contributed by atoms with E-state index in [1.165, 1.54) is 5.56 Å². The largest absolute Gasteiger partial charge is 0.382 e. The van der Waals surface area contributed by atoms with E-state index in [4.69, 9.17) is 26.1 Å². The van der Waals surface area contributed by atoms with Crippen molar-refractivity contribution in [3.05, 3.63) is 34.9 Å². The zero-order valence-electron chi connectivity index (χ0n) is 17.3. The molecule has 5 nitrogen and oxygen atoms in total. The van der Waals surface area contributed by atoms with E-state index in [9.17, 15) is 0 Å². The van der Waals surface area contributed by atoms with Crippen molar-refractivity contribution in [2.24, 2.45) is 10.4 Å². The van der Waals surface area contributed by atoms with Crippen LogP contribution in [0.2, 0.25) is 5.02 Å². The van der Waals surface area contributed by atoms with Crippen molar-refractivity contribution in [2.75, 3.05) is 46.6 Å². The molecule has 1 rings (SSSR count). The molecule has 0 fully saturated rings. The normalized spacial score (nSPS) is 12.3. The van der Waals surface area contributed by atoms with E-state index in [-0.39, 0.29) is 5.41 Å². The molecule has 154 valence electrons. The highest BCUT2D eigenvalue weighted by molar-refractivity contribution is 6.30. The minimum atomic E-state index is 0.0578. The first kappa shape index (κ1) is 23.7. The van der Waals surface area contributed by atoms with Crippen molar-refractivity contribution in [2.45, 2.75) is 40.0 Å². The van der Waals surface area contributed by atoms with E-state index in [2.05, 4.69) is 37.5 Å². The molecule has 0 aromatic heterocycles. The number of guanidine groups is 1. The first-order valence-corrected chi connectivity index (χ1v) is 10.2. The van der Waals surface area contributed by atoms with Crippen LogP contribution >= 0.6 is 11.6 Å². The number of methoxy groups -OCH3 is 1. The van der Waals surface area contributed by atoms with Gasteiger partial charge in [0.05, 0.1) is 13.2 Å². The molecule has 0 aliphatic heterocycles. The maximum Gasteiger partial charge on any atom is 0.191 e. The van der Waals surface area contributed by atoms with E-state index in [0.29, 0.717) is 13.2 Å². The molecule has 0 aliphatic carbocycles. The van der Waals surface area contributed by atoms with Crippen molar-refractivity contribution in [1.29, 1.82) is 0 Å². The zero-order valence-corrected chi connectivity index (χ0v) is 18.1. The van der Waals surface area contributed by atoms with Crippen LogP contribution in [0, 0.1) is 5.41 Å². The number of hydrogen-bond donors (Lipinski definition) is 2. The second-order valence-corrected chi connectivity index (χ2v) is 7.84. The number of hydrogen-bond acceptors (Lipinski definition) is 3. The van der Waals surface area contributed by atoms with Gasteiger partial charge in [-0.05, 0) is 49.3 Å². The van der Waals surface area contributed by atoms with Gasteiger partial charge in [0, 0.05) is 38.4 Å². The lowest BCUT2D eigenvalue weighted by molar-refractivity contribution is 0.0689. The number of halogens is 1. The molecule has 27 heavy (non-hydrogen) atoms. The maximum absolute atomic E-state index is 6.10. The number of nitrogens with one attached hydrogen (secondary N) is 2. The summed E-state index contributed by atoms with van der Waals surface area (Å²) in [6, 6.07) is 8.06. The molecule has 0 bridgehead atoms. The van der Waals surface area contributed by atoms with Crippen molar-refractivity contribution in [3.63, 3.8) is 0 Å². The summed E-state index contributed by atoms with van der Waals surface area (Å²) >= 11 is 6.10. The zero-order chi connectivity index (χ0) is 20.0. The van der Waals surface area contributed by atoms with Crippen LogP contribution in [0.25, 0.3) is 0 Å². The van der Waals surface area contributed by atoms with Gasteiger partial charge < -0.3 is 20.1 Å². The summed E-state index contributed by atoms with van der Waals surface area (Å²) in [5.74, 6) is 0.872. The number of nitrogens with zero attached hydrogens (tertiary/aromatic N) is 1. The highest BCUT2D eigenvalue weighted by Gasteiger charge is 2.18. The van der Waals surface area contributed by atoms with Crippen LogP contribution in [-0.2, 0) is 15.9 Å². The minimum absolute atomic E-state index is 0.0578. The number of unbranched alkanes of at least 4 members (excludes halogenated alkanes) is 1. The lowest BCUT2D eigenvalue weighted by atomic mass is 9.86. The molecule has 0 saturated carbocycles. The monoisotopic (exact) mass is 397 g/mol. The molecular formula is C21H36ClN3O2. The molecule has 0 amide bonds. The minimum Gasteiger partial charge on any atom is -0.382 e. The van der Waals surface area contributed by atoms with Crippen molar-refractivity contribution in [1.82, 2.24) is 10.6 Å². The molecule has 0 aliphatic rings. The number of rotatable bonds is 13. The summed E-state index contributed by atoms with van der Waals surface area (Å²) in [5.41, 5.74) is 1.30. The van der Waals surface area contributed by atoms with Crippen LogP contribution in [-0.4, -0.2) is 52.5 Å². The van der Waals surface area contributed by atoms with E-state index in [1.54, 1.807) is 7.11 Å². The van der Waals surface area contributed by atoms with Gasteiger partial charge in [0.2, 0.25) is 0 Å². The molecular weight excluding hydrogens is 362 g/mol. The molecule has 6 heteroatoms. The summed E-state index contributed by atoms with van der Waals surface area (Å²) in [6.07, 6.45) is 3.01. The highest BCUT2D eigenvalue weighted by Crippen LogP contribution is 2.23. The van der Waals surface area contributed by atoms with Gasteiger partial charge in [-0.1, -0.05) is 37.6 Å². The van der Waals surface area contributed by atoms with Crippen LogP contribution in [0.1, 0.15) is 39.2 Å². The van der Waals surface area contributed by atoms with Crippen LogP contribution in [0.4, 0.5) is 0 Å². The maximum atomic E-state index is 6.10. The Morgan fingerprint density at radius 1 is 1.15 bits per heavy atom. The lowest BCUT2D eigenvalue weighted by Crippen LogP contribution is -2.38. The van der Waals surface area contributed by atoms with Gasteiger partial charge in [-0.25, -0.2) is 0 Å². The van der Waals surface area contributed by atoms with E-state index < -0.39 is 0 Å². The third-order valence-corrected chi connectivity index (χ3v) is 4.26. The average Bonchev–Trinajstić information content (AvgIpc) is 2.61. The Morgan fingerprint density at radius 3 is 2.67 bits per heavy atom. The Hall–Kier alpha value is -1.30. The Bertz CT molecular complexity index is 550. The molecule has 0 radical (unpaired) electrons. The first-order valence-electron chi connectivity index (χ1n) is 9.80. The van der Waals surface area contributed by atoms with Gasteiger partial charge in [-0.2, -0.15) is 0 Å².